The molecule has 2 saturated heterocycles. The molecular formula is C17H36IN5O4S. The maximum absolute atomic E-state index is 12.1. The number of nitrogens with one attached hydrogen (secondary N) is 3. The lowest BCUT2D eigenvalue weighted by atomic mass is 10.1. The summed E-state index contributed by atoms with van der Waals surface area (Å²) in [6.45, 7) is 9.08. The fourth-order valence-electron chi connectivity index (χ4n) is 3.03. The highest BCUT2D eigenvalue weighted by molar-refractivity contribution is 14.0. The van der Waals surface area contributed by atoms with Crippen LogP contribution in [0.2, 0.25) is 0 Å². The molecule has 0 aliphatic carbocycles. The van der Waals surface area contributed by atoms with E-state index in [1.54, 1.807) is 0 Å². The standard InChI is InChI=1S/C17H35N5O4S.HI/c1-2-18-17(19-6-8-22-9-12-25-13-10-22)20-7-14-27(23,24)21-15-16-5-3-4-11-26-16;/h16,21H,2-15H2,1H3,(H2,18,19,20);1H. The van der Waals surface area contributed by atoms with Crippen LogP contribution in [0.3, 0.4) is 0 Å². The van der Waals surface area contributed by atoms with E-state index in [0.29, 0.717) is 25.6 Å². The fourth-order valence-corrected chi connectivity index (χ4v) is 3.99. The molecule has 2 heterocycles. The summed E-state index contributed by atoms with van der Waals surface area (Å²) >= 11 is 0. The normalized spacial score (nSPS) is 21.8. The van der Waals surface area contributed by atoms with Gasteiger partial charge in [0.15, 0.2) is 5.96 Å². The maximum atomic E-state index is 12.1. The number of guanidine groups is 1. The monoisotopic (exact) mass is 533 g/mol. The van der Waals surface area contributed by atoms with Crippen LogP contribution in [0.1, 0.15) is 26.2 Å². The molecule has 0 aromatic rings. The zero-order chi connectivity index (χ0) is 19.4. The molecule has 0 spiro atoms. The zero-order valence-corrected chi connectivity index (χ0v) is 20.0. The molecule has 166 valence electrons. The summed E-state index contributed by atoms with van der Waals surface area (Å²) in [7, 11) is -3.33. The molecule has 2 aliphatic rings. The van der Waals surface area contributed by atoms with Gasteiger partial charge in [-0.15, -0.1) is 24.0 Å². The molecule has 2 aliphatic heterocycles. The molecule has 11 heteroatoms. The van der Waals surface area contributed by atoms with Gasteiger partial charge in [0.25, 0.3) is 0 Å². The smallest absolute Gasteiger partial charge is 0.213 e. The molecule has 28 heavy (non-hydrogen) atoms. The van der Waals surface area contributed by atoms with Crippen molar-refractivity contribution < 1.29 is 17.9 Å². The average molecular weight is 533 g/mol. The van der Waals surface area contributed by atoms with E-state index < -0.39 is 10.0 Å². The minimum Gasteiger partial charge on any atom is -0.379 e. The highest BCUT2D eigenvalue weighted by Gasteiger charge is 2.17. The van der Waals surface area contributed by atoms with E-state index in [9.17, 15) is 8.42 Å². The van der Waals surface area contributed by atoms with Gasteiger partial charge < -0.3 is 20.1 Å². The number of sulfonamides is 1. The van der Waals surface area contributed by atoms with Gasteiger partial charge in [0.1, 0.15) is 0 Å². The Bertz CT molecular complexity index is 538. The quantitative estimate of drug-likeness (QED) is 0.206. The molecule has 0 aromatic carbocycles. The van der Waals surface area contributed by atoms with Gasteiger partial charge in [0, 0.05) is 45.9 Å². The Balaban J connectivity index is 0.00000392. The Kier molecular flexibility index (Phi) is 13.6. The van der Waals surface area contributed by atoms with E-state index in [4.69, 9.17) is 9.47 Å². The molecule has 0 saturated carbocycles. The van der Waals surface area contributed by atoms with Crippen LogP contribution in [0, 0.1) is 0 Å². The molecule has 0 bridgehead atoms. The second kappa shape index (κ2) is 14.7. The topological polar surface area (TPSA) is 104 Å². The third kappa shape index (κ3) is 11.1. The van der Waals surface area contributed by atoms with Crippen molar-refractivity contribution in [2.24, 2.45) is 4.99 Å². The second-order valence-electron chi connectivity index (χ2n) is 6.80. The number of hydrogen-bond acceptors (Lipinski definition) is 6. The van der Waals surface area contributed by atoms with Crippen LogP contribution in [-0.4, -0.2) is 96.8 Å². The lowest BCUT2D eigenvalue weighted by molar-refractivity contribution is 0.0200. The summed E-state index contributed by atoms with van der Waals surface area (Å²) in [4.78, 5) is 6.84. The highest BCUT2D eigenvalue weighted by Crippen LogP contribution is 2.11. The first-order valence-electron chi connectivity index (χ1n) is 10.0. The van der Waals surface area contributed by atoms with Gasteiger partial charge >= 0.3 is 0 Å². The summed E-state index contributed by atoms with van der Waals surface area (Å²) in [6.07, 6.45) is 3.08. The van der Waals surface area contributed by atoms with E-state index >= 15 is 0 Å². The van der Waals surface area contributed by atoms with Gasteiger partial charge in [-0.1, -0.05) is 0 Å². The van der Waals surface area contributed by atoms with Crippen LogP contribution in [0.25, 0.3) is 0 Å². The largest absolute Gasteiger partial charge is 0.379 e. The third-order valence-corrected chi connectivity index (χ3v) is 5.95. The minimum atomic E-state index is -3.33. The highest BCUT2D eigenvalue weighted by atomic mass is 127. The van der Waals surface area contributed by atoms with E-state index in [-0.39, 0.29) is 35.8 Å². The number of halogens is 1. The van der Waals surface area contributed by atoms with E-state index in [0.717, 1.165) is 65.3 Å². The first kappa shape index (κ1) is 25.8. The van der Waals surface area contributed by atoms with Crippen LogP contribution in [0.5, 0.6) is 0 Å². The molecule has 2 fully saturated rings. The molecule has 0 amide bonds. The van der Waals surface area contributed by atoms with Gasteiger partial charge in [-0.25, -0.2) is 13.1 Å². The van der Waals surface area contributed by atoms with Crippen molar-refractivity contribution in [3.05, 3.63) is 0 Å². The van der Waals surface area contributed by atoms with Gasteiger partial charge in [-0.2, -0.15) is 0 Å². The number of rotatable bonds is 10. The van der Waals surface area contributed by atoms with Gasteiger partial charge in [-0.05, 0) is 26.2 Å². The summed E-state index contributed by atoms with van der Waals surface area (Å²) < 4.78 is 37.8. The van der Waals surface area contributed by atoms with Crippen molar-refractivity contribution in [3.63, 3.8) is 0 Å². The van der Waals surface area contributed by atoms with E-state index in [2.05, 4.69) is 25.2 Å². The first-order valence-corrected chi connectivity index (χ1v) is 11.7. The minimum absolute atomic E-state index is 0. The predicted octanol–water partition coefficient (Wildman–Crippen LogP) is -0.0198. The van der Waals surface area contributed by atoms with Gasteiger partial charge in [0.05, 0.1) is 31.6 Å². The summed E-state index contributed by atoms with van der Waals surface area (Å²) in [5.41, 5.74) is 0. The average Bonchev–Trinajstić information content (AvgIpc) is 2.68. The summed E-state index contributed by atoms with van der Waals surface area (Å²) in [5.74, 6) is 0.657. The summed E-state index contributed by atoms with van der Waals surface area (Å²) in [5, 5.41) is 6.25. The number of hydrogen-bond donors (Lipinski definition) is 3. The molecule has 2 rings (SSSR count). The Labute approximate surface area is 186 Å². The number of nitrogens with zero attached hydrogens (tertiary/aromatic N) is 2. The van der Waals surface area contributed by atoms with E-state index in [1.807, 2.05) is 6.92 Å². The molecule has 9 nitrogen and oxygen atoms in total. The van der Waals surface area contributed by atoms with Crippen LogP contribution in [-0.2, 0) is 19.5 Å². The SMILES string of the molecule is CCNC(=NCCN1CCOCC1)NCCS(=O)(=O)NCC1CCCCO1.I. The third-order valence-electron chi connectivity index (χ3n) is 4.60. The van der Waals surface area contributed by atoms with Crippen LogP contribution in [0.15, 0.2) is 4.99 Å². The zero-order valence-electron chi connectivity index (χ0n) is 16.8. The van der Waals surface area contributed by atoms with Crippen LogP contribution in [0.4, 0.5) is 0 Å². The molecular weight excluding hydrogens is 497 g/mol. The van der Waals surface area contributed by atoms with Gasteiger partial charge in [0.2, 0.25) is 10.0 Å². The number of morpholine rings is 1. The lowest BCUT2D eigenvalue weighted by Crippen LogP contribution is -2.43. The molecule has 0 radical (unpaired) electrons. The van der Waals surface area contributed by atoms with Crippen molar-refractivity contribution in [1.82, 2.24) is 20.3 Å². The number of ether oxygens (including phenoxy) is 2. The van der Waals surface area contributed by atoms with Crippen molar-refractivity contribution in [1.29, 1.82) is 0 Å². The predicted molar refractivity (Wildman–Crippen MR) is 122 cm³/mol. The van der Waals surface area contributed by atoms with Crippen molar-refractivity contribution in [2.45, 2.75) is 32.3 Å². The Morgan fingerprint density at radius 1 is 1.18 bits per heavy atom. The second-order valence-corrected chi connectivity index (χ2v) is 8.72. The van der Waals surface area contributed by atoms with Crippen LogP contribution < -0.4 is 15.4 Å². The Hall–Kier alpha value is -0.210. The first-order chi connectivity index (χ1) is 13.1. The lowest BCUT2D eigenvalue weighted by Gasteiger charge is -2.25. The van der Waals surface area contributed by atoms with E-state index in [1.165, 1.54) is 0 Å². The molecule has 0 aromatic heterocycles. The maximum Gasteiger partial charge on any atom is 0.213 e. The molecule has 3 N–H and O–H groups in total. The van der Waals surface area contributed by atoms with Crippen LogP contribution >= 0.6 is 24.0 Å². The molecule has 1 atom stereocenters. The van der Waals surface area contributed by atoms with Crippen molar-refractivity contribution in [3.8, 4) is 0 Å². The molecule has 1 unspecified atom stereocenters. The van der Waals surface area contributed by atoms with Gasteiger partial charge in [-0.3, -0.25) is 9.89 Å². The number of aliphatic imine (C=N–C) groups is 1. The Morgan fingerprint density at radius 3 is 2.64 bits per heavy atom. The summed E-state index contributed by atoms with van der Waals surface area (Å²) in [6, 6.07) is 0. The fraction of sp³-hybridized carbons (Fsp3) is 0.941. The van der Waals surface area contributed by atoms with Crippen molar-refractivity contribution >= 4 is 40.0 Å². The van der Waals surface area contributed by atoms with Crippen molar-refractivity contribution in [2.75, 3.05) is 71.4 Å². The Morgan fingerprint density at radius 2 is 1.96 bits per heavy atom.